The molecule has 0 aliphatic rings. The average molecular weight is 440 g/mol. The molecule has 14 heteroatoms. The van der Waals surface area contributed by atoms with Crippen LogP contribution >= 0.6 is 25.3 Å². The summed E-state index contributed by atoms with van der Waals surface area (Å²) in [5.74, 6) is -5.14. The summed E-state index contributed by atoms with van der Waals surface area (Å²) in [4.78, 5) is 58.2. The predicted octanol–water partition coefficient (Wildman–Crippen LogP) is -4.03. The van der Waals surface area contributed by atoms with E-state index in [2.05, 4.69) is 41.2 Å². The van der Waals surface area contributed by atoms with Gasteiger partial charge in [0.25, 0.3) is 0 Å². The smallest absolute Gasteiger partial charge is 0.328 e. The van der Waals surface area contributed by atoms with Gasteiger partial charge in [-0.3, -0.25) is 19.2 Å². The molecule has 0 radical (unpaired) electrons. The van der Waals surface area contributed by atoms with E-state index >= 15 is 0 Å². The number of hydrogen-bond donors (Lipinski definition) is 9. The van der Waals surface area contributed by atoms with Gasteiger partial charge in [-0.1, -0.05) is 0 Å². The Kier molecular flexibility index (Phi) is 11.5. The van der Waals surface area contributed by atoms with E-state index in [0.29, 0.717) is 0 Å². The Morgan fingerprint density at radius 2 is 1.36 bits per heavy atom. The molecule has 0 heterocycles. The molecule has 0 rings (SSSR count). The summed E-state index contributed by atoms with van der Waals surface area (Å²) in [6, 6.07) is -5.30. The van der Waals surface area contributed by atoms with Crippen LogP contribution in [0.15, 0.2) is 0 Å². The fraction of sp³-hybridized carbons (Fsp3) is 0.643. The molecule has 9 N–H and O–H groups in total. The second-order valence-corrected chi connectivity index (χ2v) is 6.56. The summed E-state index contributed by atoms with van der Waals surface area (Å²) in [6.07, 6.45) is -1.81. The van der Waals surface area contributed by atoms with E-state index in [-0.39, 0.29) is 11.5 Å². The van der Waals surface area contributed by atoms with Crippen LogP contribution in [0.3, 0.4) is 0 Å². The standard InChI is InChI=1S/C14H25N5O7S2/c1-5(20)10(14(25)26)19-13(24)8(4-28)18-12(23)7(3-27)17-11(22)6(15)2-9(16)21/h5-8,10,20,27-28H,2-4,15H2,1H3,(H2,16,21)(H,17,22)(H,18,23)(H,19,24)(H,25,26). The molecular weight excluding hydrogens is 414 g/mol. The molecule has 0 saturated carbocycles. The predicted molar refractivity (Wildman–Crippen MR) is 105 cm³/mol. The van der Waals surface area contributed by atoms with Crippen LogP contribution in [0.2, 0.25) is 0 Å². The average Bonchev–Trinajstić information content (AvgIpc) is 2.59. The number of thiol groups is 2. The molecule has 12 nitrogen and oxygen atoms in total. The third-order valence-corrected chi connectivity index (χ3v) is 4.17. The highest BCUT2D eigenvalue weighted by Crippen LogP contribution is 1.99. The summed E-state index contributed by atoms with van der Waals surface area (Å²) in [5, 5.41) is 25.0. The summed E-state index contributed by atoms with van der Waals surface area (Å²) < 4.78 is 0. The molecule has 0 bridgehead atoms. The summed E-state index contributed by atoms with van der Waals surface area (Å²) >= 11 is 7.87. The van der Waals surface area contributed by atoms with Crippen LogP contribution in [0.4, 0.5) is 0 Å². The Morgan fingerprint density at radius 1 is 0.929 bits per heavy atom. The van der Waals surface area contributed by atoms with Crippen molar-refractivity contribution in [1.82, 2.24) is 16.0 Å². The number of aliphatic carboxylic acids is 1. The van der Waals surface area contributed by atoms with Crippen LogP contribution < -0.4 is 27.4 Å². The van der Waals surface area contributed by atoms with E-state index in [1.807, 2.05) is 0 Å². The maximum absolute atomic E-state index is 12.3. The number of primary amides is 1. The number of carbonyl (C=O) groups is 5. The molecule has 0 aliphatic carbocycles. The maximum atomic E-state index is 12.3. The monoisotopic (exact) mass is 439 g/mol. The van der Waals surface area contributed by atoms with Gasteiger partial charge in [0.05, 0.1) is 18.6 Å². The lowest BCUT2D eigenvalue weighted by atomic mass is 10.1. The van der Waals surface area contributed by atoms with Crippen molar-refractivity contribution in [3.63, 3.8) is 0 Å². The second-order valence-electron chi connectivity index (χ2n) is 5.83. The molecule has 0 aromatic heterocycles. The van der Waals surface area contributed by atoms with E-state index in [9.17, 15) is 29.1 Å². The molecular formula is C14H25N5O7S2. The van der Waals surface area contributed by atoms with Crippen LogP contribution in [0.25, 0.3) is 0 Å². The normalized spacial score (nSPS) is 16.0. The van der Waals surface area contributed by atoms with E-state index in [1.165, 1.54) is 6.92 Å². The Hall–Kier alpha value is -2.03. The van der Waals surface area contributed by atoms with Crippen molar-refractivity contribution >= 4 is 54.9 Å². The molecule has 5 unspecified atom stereocenters. The zero-order valence-electron chi connectivity index (χ0n) is 15.0. The highest BCUT2D eigenvalue weighted by molar-refractivity contribution is 7.80. The highest BCUT2D eigenvalue weighted by atomic mass is 32.1. The first-order valence-corrected chi connectivity index (χ1v) is 9.28. The molecule has 160 valence electrons. The molecule has 0 aromatic carbocycles. The van der Waals surface area contributed by atoms with Gasteiger partial charge in [-0.2, -0.15) is 25.3 Å². The quantitative estimate of drug-likeness (QED) is 0.136. The highest BCUT2D eigenvalue weighted by Gasteiger charge is 2.31. The van der Waals surface area contributed by atoms with Gasteiger partial charge in [0.2, 0.25) is 23.6 Å². The molecule has 5 atom stereocenters. The van der Waals surface area contributed by atoms with Gasteiger partial charge in [0.1, 0.15) is 12.1 Å². The number of hydrogen-bond acceptors (Lipinski definition) is 9. The van der Waals surface area contributed by atoms with Gasteiger partial charge in [-0.05, 0) is 6.92 Å². The van der Waals surface area contributed by atoms with Crippen molar-refractivity contribution in [2.45, 2.75) is 43.6 Å². The number of nitrogens with two attached hydrogens (primary N) is 2. The van der Waals surface area contributed by atoms with E-state index in [4.69, 9.17) is 16.6 Å². The van der Waals surface area contributed by atoms with Crippen LogP contribution in [-0.2, 0) is 24.0 Å². The number of nitrogens with one attached hydrogen (secondary N) is 3. The van der Waals surface area contributed by atoms with E-state index < -0.39 is 66.3 Å². The van der Waals surface area contributed by atoms with E-state index in [1.54, 1.807) is 0 Å². The molecule has 4 amide bonds. The minimum atomic E-state index is -1.58. The third-order valence-electron chi connectivity index (χ3n) is 3.44. The molecule has 0 aromatic rings. The largest absolute Gasteiger partial charge is 0.480 e. The first kappa shape index (κ1) is 26.0. The van der Waals surface area contributed by atoms with Crippen molar-refractivity contribution in [1.29, 1.82) is 0 Å². The molecule has 0 fully saturated rings. The van der Waals surface area contributed by atoms with Crippen molar-refractivity contribution in [2.75, 3.05) is 11.5 Å². The molecule has 28 heavy (non-hydrogen) atoms. The zero-order chi connectivity index (χ0) is 22.0. The first-order valence-electron chi connectivity index (χ1n) is 8.02. The van der Waals surface area contributed by atoms with Gasteiger partial charge in [0.15, 0.2) is 6.04 Å². The fourth-order valence-electron chi connectivity index (χ4n) is 1.89. The lowest BCUT2D eigenvalue weighted by molar-refractivity contribution is -0.145. The van der Waals surface area contributed by atoms with Gasteiger partial charge < -0.3 is 37.6 Å². The minimum absolute atomic E-state index is 0.160. The Balaban J connectivity index is 4.99. The number of amides is 4. The Labute approximate surface area is 172 Å². The van der Waals surface area contributed by atoms with Crippen molar-refractivity contribution in [3.8, 4) is 0 Å². The van der Waals surface area contributed by atoms with Crippen LogP contribution in [0.1, 0.15) is 13.3 Å². The maximum Gasteiger partial charge on any atom is 0.328 e. The topological polar surface area (TPSA) is 214 Å². The van der Waals surface area contributed by atoms with Crippen LogP contribution in [0.5, 0.6) is 0 Å². The van der Waals surface area contributed by atoms with Crippen molar-refractivity contribution < 1.29 is 34.2 Å². The number of aliphatic hydroxyl groups excluding tert-OH is 1. The molecule has 0 aliphatic heterocycles. The summed E-state index contributed by atoms with van der Waals surface area (Å²) in [7, 11) is 0. The molecule has 0 spiro atoms. The second kappa shape index (κ2) is 12.4. The minimum Gasteiger partial charge on any atom is -0.480 e. The van der Waals surface area contributed by atoms with Crippen molar-refractivity contribution in [3.05, 3.63) is 0 Å². The van der Waals surface area contributed by atoms with Crippen molar-refractivity contribution in [2.24, 2.45) is 11.5 Å². The lowest BCUT2D eigenvalue weighted by Gasteiger charge is -2.24. The first-order chi connectivity index (χ1) is 12.9. The van der Waals surface area contributed by atoms with Gasteiger partial charge in [-0.15, -0.1) is 0 Å². The Morgan fingerprint density at radius 3 is 1.71 bits per heavy atom. The number of carboxylic acid groups (broad SMARTS) is 1. The zero-order valence-corrected chi connectivity index (χ0v) is 16.8. The number of carboxylic acids is 1. The number of aliphatic hydroxyl groups is 1. The summed E-state index contributed by atoms with van der Waals surface area (Å²) in [6.45, 7) is 1.18. The van der Waals surface area contributed by atoms with Gasteiger partial charge >= 0.3 is 5.97 Å². The molecule has 0 saturated heterocycles. The SMILES string of the molecule is CC(O)C(NC(=O)C(CS)NC(=O)C(CS)NC(=O)C(N)CC(N)=O)C(=O)O. The van der Waals surface area contributed by atoms with E-state index in [0.717, 1.165) is 0 Å². The number of carbonyl (C=O) groups excluding carboxylic acids is 4. The fourth-order valence-corrected chi connectivity index (χ4v) is 2.41. The number of rotatable bonds is 12. The van der Waals surface area contributed by atoms with Crippen LogP contribution in [0, 0.1) is 0 Å². The summed E-state index contributed by atoms with van der Waals surface area (Å²) in [5.41, 5.74) is 10.4. The Bertz CT molecular complexity index is 605. The van der Waals surface area contributed by atoms with Crippen LogP contribution in [-0.4, -0.2) is 81.6 Å². The van der Waals surface area contributed by atoms with Gasteiger partial charge in [-0.25, -0.2) is 4.79 Å². The van der Waals surface area contributed by atoms with Gasteiger partial charge in [0, 0.05) is 11.5 Å². The third kappa shape index (κ3) is 8.77. The lowest BCUT2D eigenvalue weighted by Crippen LogP contribution is -2.59.